The number of alkyl halides is 2. The zero-order chi connectivity index (χ0) is 18.9. The molecule has 0 atom stereocenters. The molecule has 3 rings (SSSR count). The molecule has 1 saturated heterocycles. The van der Waals surface area contributed by atoms with E-state index >= 15 is 0 Å². The first-order valence-electron chi connectivity index (χ1n) is 8.34. The highest BCUT2D eigenvalue weighted by molar-refractivity contribution is 5.87. The minimum atomic E-state index is -3.65. The van der Waals surface area contributed by atoms with E-state index in [2.05, 4.69) is 16.1 Å². The molecule has 0 spiro atoms. The number of fused-ring (bicyclic) bond motifs is 1. The Balaban J connectivity index is 1.57. The molecule has 1 fully saturated rings. The van der Waals surface area contributed by atoms with Gasteiger partial charge in [-0.1, -0.05) is 12.6 Å². The molecule has 26 heavy (non-hydrogen) atoms. The van der Waals surface area contributed by atoms with Crippen LogP contribution in [0.1, 0.15) is 18.4 Å². The molecule has 0 radical (unpaired) electrons. The van der Waals surface area contributed by atoms with E-state index in [1.807, 2.05) is 0 Å². The van der Waals surface area contributed by atoms with Gasteiger partial charge < -0.3 is 19.3 Å². The number of rotatable bonds is 4. The van der Waals surface area contributed by atoms with Crippen LogP contribution in [0, 0.1) is 5.92 Å². The molecule has 2 aliphatic heterocycles. The van der Waals surface area contributed by atoms with Gasteiger partial charge in [0, 0.05) is 32.6 Å². The van der Waals surface area contributed by atoms with Gasteiger partial charge in [-0.3, -0.25) is 9.59 Å². The summed E-state index contributed by atoms with van der Waals surface area (Å²) in [5.74, 6) is -0.371. The third-order valence-electron chi connectivity index (χ3n) is 4.59. The lowest BCUT2D eigenvalue weighted by Gasteiger charge is -2.32. The second-order valence-corrected chi connectivity index (χ2v) is 6.45. The van der Waals surface area contributed by atoms with Gasteiger partial charge in [-0.05, 0) is 36.6 Å². The second-order valence-electron chi connectivity index (χ2n) is 6.45. The van der Waals surface area contributed by atoms with Gasteiger partial charge >= 0.3 is 6.29 Å². The number of nitrogens with zero attached hydrogens (tertiary/aromatic N) is 2. The molecule has 6 nitrogen and oxygen atoms in total. The van der Waals surface area contributed by atoms with Crippen LogP contribution in [-0.4, -0.2) is 48.0 Å². The predicted molar refractivity (Wildman–Crippen MR) is 88.6 cm³/mol. The quantitative estimate of drug-likeness (QED) is 0.768. The maximum absolute atomic E-state index is 13.1. The van der Waals surface area contributed by atoms with Crippen molar-refractivity contribution in [3.63, 3.8) is 0 Å². The predicted octanol–water partition coefficient (Wildman–Crippen LogP) is 2.39. The molecule has 0 unspecified atom stereocenters. The number of likely N-dealkylation sites (tertiary alicyclic amines) is 1. The molecule has 0 aromatic heterocycles. The van der Waals surface area contributed by atoms with Crippen molar-refractivity contribution >= 4 is 11.8 Å². The van der Waals surface area contributed by atoms with Crippen molar-refractivity contribution in [3.05, 3.63) is 36.4 Å². The second kappa shape index (κ2) is 6.93. The van der Waals surface area contributed by atoms with Crippen molar-refractivity contribution in [2.75, 3.05) is 20.1 Å². The zero-order valence-corrected chi connectivity index (χ0v) is 14.4. The zero-order valence-electron chi connectivity index (χ0n) is 14.4. The van der Waals surface area contributed by atoms with Crippen LogP contribution in [0.2, 0.25) is 0 Å². The van der Waals surface area contributed by atoms with E-state index in [1.54, 1.807) is 22.9 Å². The van der Waals surface area contributed by atoms with Crippen molar-refractivity contribution in [1.82, 2.24) is 9.80 Å². The summed E-state index contributed by atoms with van der Waals surface area (Å²) in [6, 6.07) is 4.48. The first-order valence-corrected chi connectivity index (χ1v) is 8.34. The fraction of sp³-hybridized carbons (Fsp3) is 0.444. The Hall–Kier alpha value is -2.64. The number of ether oxygens (including phenoxy) is 2. The molecule has 2 heterocycles. The number of carbonyl (C=O) groups is 2. The molecule has 8 heteroatoms. The first-order chi connectivity index (χ1) is 12.3. The maximum Gasteiger partial charge on any atom is 0.586 e. The van der Waals surface area contributed by atoms with E-state index in [0.29, 0.717) is 31.5 Å². The monoisotopic (exact) mass is 366 g/mol. The summed E-state index contributed by atoms with van der Waals surface area (Å²) in [5, 5.41) is 0. The number of hydrogen-bond acceptors (Lipinski definition) is 4. The number of hydrogen-bond donors (Lipinski definition) is 0. The van der Waals surface area contributed by atoms with Crippen LogP contribution in [0.5, 0.6) is 11.5 Å². The van der Waals surface area contributed by atoms with Gasteiger partial charge in [0.2, 0.25) is 11.8 Å². The lowest BCUT2D eigenvalue weighted by Crippen LogP contribution is -2.42. The first kappa shape index (κ1) is 18.2. The van der Waals surface area contributed by atoms with Crippen molar-refractivity contribution < 1.29 is 27.8 Å². The Kier molecular flexibility index (Phi) is 4.84. The average Bonchev–Trinajstić information content (AvgIpc) is 2.93. The van der Waals surface area contributed by atoms with Crippen LogP contribution >= 0.6 is 0 Å². The van der Waals surface area contributed by atoms with Crippen molar-refractivity contribution in [2.24, 2.45) is 5.92 Å². The molecular formula is C18H20F2N2O4. The normalized spacial score (nSPS) is 18.5. The molecule has 1 aromatic rings. The summed E-state index contributed by atoms with van der Waals surface area (Å²) >= 11 is 0. The van der Waals surface area contributed by atoms with E-state index in [9.17, 15) is 18.4 Å². The number of amides is 2. The van der Waals surface area contributed by atoms with Crippen LogP contribution in [-0.2, 0) is 16.1 Å². The highest BCUT2D eigenvalue weighted by Crippen LogP contribution is 2.41. The number of halogens is 2. The van der Waals surface area contributed by atoms with E-state index in [4.69, 9.17) is 0 Å². The van der Waals surface area contributed by atoms with Crippen molar-refractivity contribution in [3.8, 4) is 11.5 Å². The molecule has 0 N–H and O–H groups in total. The lowest BCUT2D eigenvalue weighted by atomic mass is 9.95. The molecule has 2 aliphatic rings. The van der Waals surface area contributed by atoms with Crippen molar-refractivity contribution in [1.29, 1.82) is 0 Å². The van der Waals surface area contributed by atoms with Gasteiger partial charge in [-0.25, -0.2) is 0 Å². The van der Waals surface area contributed by atoms with Crippen LogP contribution in [0.4, 0.5) is 8.78 Å². The lowest BCUT2D eigenvalue weighted by molar-refractivity contribution is -0.286. The van der Waals surface area contributed by atoms with E-state index < -0.39 is 6.29 Å². The van der Waals surface area contributed by atoms with Crippen LogP contribution in [0.25, 0.3) is 0 Å². The Morgan fingerprint density at radius 2 is 1.96 bits per heavy atom. The maximum atomic E-state index is 13.1. The van der Waals surface area contributed by atoms with Gasteiger partial charge in [0.25, 0.3) is 0 Å². The minimum absolute atomic E-state index is 0.0213. The highest BCUT2D eigenvalue weighted by Gasteiger charge is 2.43. The number of piperidine rings is 1. The van der Waals surface area contributed by atoms with Gasteiger partial charge in [0.1, 0.15) is 0 Å². The highest BCUT2D eigenvalue weighted by atomic mass is 19.3. The third-order valence-corrected chi connectivity index (χ3v) is 4.59. The summed E-state index contributed by atoms with van der Waals surface area (Å²) in [7, 11) is 1.67. The van der Waals surface area contributed by atoms with Crippen LogP contribution in [0.15, 0.2) is 30.9 Å². The molecule has 0 saturated carbocycles. The Morgan fingerprint density at radius 3 is 2.62 bits per heavy atom. The third kappa shape index (κ3) is 3.79. The molecule has 0 bridgehead atoms. The van der Waals surface area contributed by atoms with E-state index in [1.165, 1.54) is 18.2 Å². The van der Waals surface area contributed by atoms with Gasteiger partial charge in [-0.15, -0.1) is 8.78 Å². The summed E-state index contributed by atoms with van der Waals surface area (Å²) in [6.45, 7) is 4.78. The molecular weight excluding hydrogens is 346 g/mol. The summed E-state index contributed by atoms with van der Waals surface area (Å²) < 4.78 is 34.9. The summed E-state index contributed by atoms with van der Waals surface area (Å²) in [4.78, 5) is 27.4. The molecule has 1 aromatic carbocycles. The Labute approximate surface area is 150 Å². The van der Waals surface area contributed by atoms with Crippen molar-refractivity contribution in [2.45, 2.75) is 25.7 Å². The van der Waals surface area contributed by atoms with Crippen LogP contribution < -0.4 is 9.47 Å². The molecule has 2 amide bonds. The fourth-order valence-corrected chi connectivity index (χ4v) is 3.23. The summed E-state index contributed by atoms with van der Waals surface area (Å²) in [6.07, 6.45) is -1.19. The minimum Gasteiger partial charge on any atom is -0.395 e. The summed E-state index contributed by atoms with van der Waals surface area (Å²) in [5.41, 5.74) is 0.667. The van der Waals surface area contributed by atoms with E-state index in [-0.39, 0.29) is 35.8 Å². The number of carbonyl (C=O) groups excluding carboxylic acids is 2. The van der Waals surface area contributed by atoms with Gasteiger partial charge in [0.15, 0.2) is 11.5 Å². The average molecular weight is 366 g/mol. The van der Waals surface area contributed by atoms with E-state index in [0.717, 1.165) is 0 Å². The molecule has 140 valence electrons. The standard InChI is InChI=1S/C18H20F2N2O4/c1-3-16(23)22-8-6-13(7-9-22)17(24)21(2)11-12-4-5-14-15(10-12)26-18(19,20)25-14/h3-5,10,13H,1,6-9,11H2,2H3. The van der Waals surface area contributed by atoms with Gasteiger partial charge in [-0.2, -0.15) is 0 Å². The SMILES string of the molecule is C=CC(=O)N1CCC(C(=O)N(C)Cc2ccc3c(c2)OC(F)(F)O3)CC1. The fourth-order valence-electron chi connectivity index (χ4n) is 3.23. The van der Waals surface area contributed by atoms with Crippen LogP contribution in [0.3, 0.4) is 0 Å². The molecule has 0 aliphatic carbocycles. The smallest absolute Gasteiger partial charge is 0.395 e. The number of benzene rings is 1. The van der Waals surface area contributed by atoms with Gasteiger partial charge in [0.05, 0.1) is 0 Å². The Bertz CT molecular complexity index is 730. The Morgan fingerprint density at radius 1 is 1.31 bits per heavy atom. The largest absolute Gasteiger partial charge is 0.586 e. The topological polar surface area (TPSA) is 59.1 Å².